The molecule has 0 aliphatic rings. The highest BCUT2D eigenvalue weighted by Crippen LogP contribution is 2.39. The second kappa shape index (κ2) is 15.4. The van der Waals surface area contributed by atoms with Crippen molar-refractivity contribution >= 4 is 10.8 Å². The van der Waals surface area contributed by atoms with Crippen LogP contribution in [0.25, 0.3) is 101 Å². The van der Waals surface area contributed by atoms with E-state index in [1.54, 1.807) is 0 Å². The highest BCUT2D eigenvalue weighted by atomic mass is 15.0. The summed E-state index contributed by atoms with van der Waals surface area (Å²) < 4.78 is 0. The zero-order valence-electron chi connectivity index (χ0n) is 31.7. The summed E-state index contributed by atoms with van der Waals surface area (Å²) in [7, 11) is 0. The van der Waals surface area contributed by atoms with Crippen LogP contribution in [0, 0.1) is 0 Å². The van der Waals surface area contributed by atoms with Gasteiger partial charge < -0.3 is 0 Å². The zero-order valence-corrected chi connectivity index (χ0v) is 31.7. The first kappa shape index (κ1) is 34.7. The molecular weight excluding hydrogens is 703 g/mol. The molecule has 0 spiro atoms. The minimum Gasteiger partial charge on any atom is -0.208 e. The molecule has 10 rings (SSSR count). The lowest BCUT2D eigenvalue weighted by Gasteiger charge is -2.15. The molecule has 9 aromatic carbocycles. The van der Waals surface area contributed by atoms with Crippen molar-refractivity contribution in [2.75, 3.05) is 0 Å². The van der Waals surface area contributed by atoms with Crippen molar-refractivity contribution in [1.82, 2.24) is 15.0 Å². The molecule has 0 N–H and O–H groups in total. The normalized spacial score (nSPS) is 11.1. The van der Waals surface area contributed by atoms with Gasteiger partial charge in [0.25, 0.3) is 0 Å². The van der Waals surface area contributed by atoms with E-state index in [1.807, 2.05) is 18.2 Å². The summed E-state index contributed by atoms with van der Waals surface area (Å²) in [6, 6.07) is 78.9. The first-order chi connectivity index (χ1) is 28.7. The maximum atomic E-state index is 5.29. The van der Waals surface area contributed by atoms with Gasteiger partial charge in [0.1, 0.15) is 0 Å². The van der Waals surface area contributed by atoms with E-state index in [2.05, 4.69) is 206 Å². The Morgan fingerprint density at radius 3 is 1.07 bits per heavy atom. The van der Waals surface area contributed by atoms with Crippen LogP contribution >= 0.6 is 0 Å². The Morgan fingerprint density at radius 1 is 0.207 bits per heavy atom. The third-order valence-corrected chi connectivity index (χ3v) is 10.8. The molecule has 0 aliphatic carbocycles. The van der Waals surface area contributed by atoms with E-state index in [4.69, 9.17) is 15.0 Å². The largest absolute Gasteiger partial charge is 0.208 e. The number of fused-ring (bicyclic) bond motifs is 1. The molecule has 0 fully saturated rings. The van der Waals surface area contributed by atoms with Crippen LogP contribution in [0.1, 0.15) is 0 Å². The molecule has 0 unspecified atom stereocenters. The van der Waals surface area contributed by atoms with Crippen LogP contribution in [0.2, 0.25) is 0 Å². The Kier molecular flexibility index (Phi) is 9.23. The predicted octanol–water partition coefficient (Wildman–Crippen LogP) is 14.4. The molecule has 1 aromatic heterocycles. The standard InChI is InChI=1S/C55H37N3/c1-4-13-38(14-5-1)41-23-25-43(26-24-41)44-29-33-47(34-30-44)54-56-53(46-31-27-42(28-32-46)39-15-6-2-7-16-39)57-55(58-54)52-37-48(40-17-8-3-9-18-40)35-36-51(52)50-22-12-20-45-19-10-11-21-49(45)50/h1-37H. The molecular formula is C55H37N3. The highest BCUT2D eigenvalue weighted by molar-refractivity contribution is 6.00. The van der Waals surface area contributed by atoms with Gasteiger partial charge in [0.2, 0.25) is 0 Å². The van der Waals surface area contributed by atoms with Gasteiger partial charge in [-0.2, -0.15) is 0 Å². The van der Waals surface area contributed by atoms with Crippen LogP contribution in [0.4, 0.5) is 0 Å². The molecule has 272 valence electrons. The van der Waals surface area contributed by atoms with Gasteiger partial charge in [0, 0.05) is 16.7 Å². The Morgan fingerprint density at radius 2 is 0.569 bits per heavy atom. The summed E-state index contributed by atoms with van der Waals surface area (Å²) in [6.07, 6.45) is 0. The molecule has 0 bridgehead atoms. The lowest BCUT2D eigenvalue weighted by molar-refractivity contribution is 1.07. The van der Waals surface area contributed by atoms with Crippen molar-refractivity contribution in [2.24, 2.45) is 0 Å². The van der Waals surface area contributed by atoms with Crippen molar-refractivity contribution in [1.29, 1.82) is 0 Å². The van der Waals surface area contributed by atoms with E-state index in [0.29, 0.717) is 17.5 Å². The summed E-state index contributed by atoms with van der Waals surface area (Å²) in [5.41, 5.74) is 14.2. The van der Waals surface area contributed by atoms with Crippen molar-refractivity contribution in [3.8, 4) is 89.8 Å². The molecule has 10 aromatic rings. The molecule has 0 saturated carbocycles. The molecule has 0 amide bonds. The van der Waals surface area contributed by atoms with E-state index in [1.165, 1.54) is 27.5 Å². The van der Waals surface area contributed by atoms with E-state index >= 15 is 0 Å². The quantitative estimate of drug-likeness (QED) is 0.156. The topological polar surface area (TPSA) is 38.7 Å². The number of benzene rings is 9. The minimum atomic E-state index is 0.618. The average molecular weight is 740 g/mol. The number of hydrogen-bond acceptors (Lipinski definition) is 3. The van der Waals surface area contributed by atoms with Crippen molar-refractivity contribution < 1.29 is 0 Å². The Bertz CT molecular complexity index is 2990. The maximum Gasteiger partial charge on any atom is 0.164 e. The Labute approximate surface area is 338 Å². The van der Waals surface area contributed by atoms with Gasteiger partial charge in [-0.25, -0.2) is 15.0 Å². The molecule has 0 aliphatic heterocycles. The number of rotatable bonds is 8. The lowest BCUT2D eigenvalue weighted by atomic mass is 9.91. The van der Waals surface area contributed by atoms with Crippen molar-refractivity contribution in [2.45, 2.75) is 0 Å². The maximum absolute atomic E-state index is 5.29. The average Bonchev–Trinajstić information content (AvgIpc) is 3.32. The van der Waals surface area contributed by atoms with Crippen LogP contribution in [0.5, 0.6) is 0 Å². The van der Waals surface area contributed by atoms with Crippen LogP contribution in [0.15, 0.2) is 224 Å². The van der Waals surface area contributed by atoms with E-state index < -0.39 is 0 Å². The van der Waals surface area contributed by atoms with Crippen molar-refractivity contribution in [3.05, 3.63) is 224 Å². The fraction of sp³-hybridized carbons (Fsp3) is 0. The predicted molar refractivity (Wildman–Crippen MR) is 241 cm³/mol. The van der Waals surface area contributed by atoms with E-state index in [-0.39, 0.29) is 0 Å². The molecule has 0 saturated heterocycles. The number of nitrogens with zero attached hydrogens (tertiary/aromatic N) is 3. The second-order valence-corrected chi connectivity index (χ2v) is 14.4. The Balaban J connectivity index is 1.12. The summed E-state index contributed by atoms with van der Waals surface area (Å²) in [4.78, 5) is 15.7. The smallest absolute Gasteiger partial charge is 0.164 e. The summed E-state index contributed by atoms with van der Waals surface area (Å²) >= 11 is 0. The first-order valence-electron chi connectivity index (χ1n) is 19.6. The summed E-state index contributed by atoms with van der Waals surface area (Å²) in [5, 5.41) is 2.36. The zero-order chi connectivity index (χ0) is 38.7. The fourth-order valence-corrected chi connectivity index (χ4v) is 7.73. The first-order valence-corrected chi connectivity index (χ1v) is 19.6. The highest BCUT2D eigenvalue weighted by Gasteiger charge is 2.18. The number of hydrogen-bond donors (Lipinski definition) is 0. The van der Waals surface area contributed by atoms with Crippen LogP contribution < -0.4 is 0 Å². The minimum absolute atomic E-state index is 0.618. The summed E-state index contributed by atoms with van der Waals surface area (Å²) in [6.45, 7) is 0. The Hall–Kier alpha value is -7.75. The van der Waals surface area contributed by atoms with E-state index in [0.717, 1.165) is 55.6 Å². The van der Waals surface area contributed by atoms with Gasteiger partial charge in [-0.15, -0.1) is 0 Å². The molecule has 1 heterocycles. The molecule has 0 radical (unpaired) electrons. The fourth-order valence-electron chi connectivity index (χ4n) is 7.73. The summed E-state index contributed by atoms with van der Waals surface area (Å²) in [5.74, 6) is 1.86. The monoisotopic (exact) mass is 739 g/mol. The van der Waals surface area contributed by atoms with Gasteiger partial charge in [-0.05, 0) is 72.5 Å². The van der Waals surface area contributed by atoms with Crippen LogP contribution in [0.3, 0.4) is 0 Å². The lowest BCUT2D eigenvalue weighted by Crippen LogP contribution is -2.01. The molecule has 3 heteroatoms. The van der Waals surface area contributed by atoms with Gasteiger partial charge in [-0.3, -0.25) is 0 Å². The van der Waals surface area contributed by atoms with Gasteiger partial charge in [-0.1, -0.05) is 218 Å². The third-order valence-electron chi connectivity index (χ3n) is 10.8. The van der Waals surface area contributed by atoms with Gasteiger partial charge in [0.15, 0.2) is 17.5 Å². The van der Waals surface area contributed by atoms with Crippen LogP contribution in [-0.4, -0.2) is 15.0 Å². The van der Waals surface area contributed by atoms with Crippen LogP contribution in [-0.2, 0) is 0 Å². The molecule has 58 heavy (non-hydrogen) atoms. The second-order valence-electron chi connectivity index (χ2n) is 14.4. The SMILES string of the molecule is c1ccc(-c2ccc(-c3ccc(-c4nc(-c5ccc(-c6ccccc6)cc5)nc(-c5cc(-c6ccccc6)ccc5-c5cccc6ccccc56)n4)cc3)cc2)cc1. The van der Waals surface area contributed by atoms with Crippen molar-refractivity contribution in [3.63, 3.8) is 0 Å². The number of aromatic nitrogens is 3. The third kappa shape index (κ3) is 6.98. The molecule has 0 atom stereocenters. The van der Waals surface area contributed by atoms with Gasteiger partial charge in [0.05, 0.1) is 0 Å². The van der Waals surface area contributed by atoms with E-state index in [9.17, 15) is 0 Å². The van der Waals surface area contributed by atoms with Gasteiger partial charge >= 0.3 is 0 Å². The molecule has 3 nitrogen and oxygen atoms in total.